The van der Waals surface area contributed by atoms with Gasteiger partial charge in [-0.3, -0.25) is 4.79 Å². The van der Waals surface area contributed by atoms with E-state index in [1.165, 1.54) is 18.2 Å². The number of rotatable bonds is 4. The van der Waals surface area contributed by atoms with Crippen molar-refractivity contribution in [3.63, 3.8) is 0 Å². The van der Waals surface area contributed by atoms with Gasteiger partial charge in [-0.2, -0.15) is 0 Å². The Hall–Kier alpha value is -1.94. The van der Waals surface area contributed by atoms with Crippen molar-refractivity contribution >= 4 is 0 Å². The monoisotopic (exact) mass is 246 g/mol. The minimum atomic E-state index is -0.285. The number of halogens is 1. The van der Waals surface area contributed by atoms with Crippen LogP contribution in [-0.2, 0) is 6.54 Å². The molecule has 0 aliphatic carbocycles. The average molecular weight is 246 g/mol. The van der Waals surface area contributed by atoms with Gasteiger partial charge in [-0.1, -0.05) is 12.1 Å². The van der Waals surface area contributed by atoms with Crippen LogP contribution in [0.1, 0.15) is 6.42 Å². The van der Waals surface area contributed by atoms with Crippen molar-refractivity contribution in [2.45, 2.75) is 13.0 Å². The highest BCUT2D eigenvalue weighted by molar-refractivity contribution is 5.62. The molecule has 0 radical (unpaired) electrons. The molecule has 3 nitrogen and oxygen atoms in total. The Bertz CT molecular complexity index is 592. The van der Waals surface area contributed by atoms with E-state index in [-0.39, 0.29) is 11.4 Å². The molecule has 2 rings (SSSR count). The zero-order valence-electron chi connectivity index (χ0n) is 9.97. The third-order valence-electron chi connectivity index (χ3n) is 2.74. The number of nitrogens with zero attached hydrogens (tertiary/aromatic N) is 1. The van der Waals surface area contributed by atoms with Gasteiger partial charge in [0.1, 0.15) is 5.82 Å². The van der Waals surface area contributed by atoms with Gasteiger partial charge in [0.05, 0.1) is 0 Å². The van der Waals surface area contributed by atoms with Crippen molar-refractivity contribution in [3.8, 4) is 11.1 Å². The summed E-state index contributed by atoms with van der Waals surface area (Å²) in [7, 11) is 0. The molecule has 0 saturated carbocycles. The number of hydrogen-bond donors (Lipinski definition) is 1. The molecule has 2 N–H and O–H groups in total. The van der Waals surface area contributed by atoms with Gasteiger partial charge in [0.25, 0.3) is 5.56 Å². The molecule has 0 unspecified atom stereocenters. The number of nitrogens with two attached hydrogens (primary N) is 1. The smallest absolute Gasteiger partial charge is 0.250 e. The first-order chi connectivity index (χ1) is 8.70. The average Bonchev–Trinajstić information content (AvgIpc) is 2.38. The number of pyridine rings is 1. The molecular weight excluding hydrogens is 231 g/mol. The van der Waals surface area contributed by atoms with E-state index in [1.807, 2.05) is 6.07 Å². The summed E-state index contributed by atoms with van der Waals surface area (Å²) in [4.78, 5) is 11.6. The molecule has 0 spiro atoms. The summed E-state index contributed by atoms with van der Waals surface area (Å²) in [5.41, 5.74) is 6.95. The van der Waals surface area contributed by atoms with Crippen LogP contribution in [0.15, 0.2) is 47.4 Å². The maximum absolute atomic E-state index is 13.2. The summed E-state index contributed by atoms with van der Waals surface area (Å²) < 4.78 is 14.8. The maximum Gasteiger partial charge on any atom is 0.250 e. The fourth-order valence-electron chi connectivity index (χ4n) is 1.81. The van der Waals surface area contributed by atoms with Crippen molar-refractivity contribution in [3.05, 3.63) is 58.8 Å². The van der Waals surface area contributed by atoms with E-state index in [0.717, 1.165) is 17.5 Å². The van der Waals surface area contributed by atoms with Gasteiger partial charge >= 0.3 is 0 Å². The highest BCUT2D eigenvalue weighted by Crippen LogP contribution is 2.18. The number of aryl methyl sites for hydroxylation is 1. The fourth-order valence-corrected chi connectivity index (χ4v) is 1.81. The molecule has 0 fully saturated rings. The van der Waals surface area contributed by atoms with Crippen LogP contribution in [0, 0.1) is 5.82 Å². The van der Waals surface area contributed by atoms with E-state index in [1.54, 1.807) is 22.9 Å². The van der Waals surface area contributed by atoms with Gasteiger partial charge in [0, 0.05) is 18.8 Å². The van der Waals surface area contributed by atoms with Crippen molar-refractivity contribution in [2.24, 2.45) is 5.73 Å². The topological polar surface area (TPSA) is 48.0 Å². The normalized spacial score (nSPS) is 10.6. The highest BCUT2D eigenvalue weighted by atomic mass is 19.1. The Morgan fingerprint density at radius 2 is 2.00 bits per heavy atom. The van der Waals surface area contributed by atoms with E-state index in [0.29, 0.717) is 13.1 Å². The van der Waals surface area contributed by atoms with Gasteiger partial charge < -0.3 is 10.3 Å². The van der Waals surface area contributed by atoms with E-state index in [2.05, 4.69) is 0 Å². The van der Waals surface area contributed by atoms with E-state index < -0.39 is 0 Å². The molecule has 1 aromatic heterocycles. The van der Waals surface area contributed by atoms with Crippen molar-refractivity contribution in [1.82, 2.24) is 4.57 Å². The number of aromatic nitrogens is 1. The summed E-state index contributed by atoms with van der Waals surface area (Å²) in [6, 6.07) is 9.52. The second kappa shape index (κ2) is 5.60. The Kier molecular flexibility index (Phi) is 3.89. The second-order valence-electron chi connectivity index (χ2n) is 4.10. The van der Waals surface area contributed by atoms with Crippen LogP contribution in [-0.4, -0.2) is 11.1 Å². The Labute approximate surface area is 105 Å². The lowest BCUT2D eigenvalue weighted by Crippen LogP contribution is -2.20. The van der Waals surface area contributed by atoms with Gasteiger partial charge in [0.15, 0.2) is 0 Å². The molecule has 0 aliphatic rings. The summed E-state index contributed by atoms with van der Waals surface area (Å²) in [5, 5.41) is 0. The standard InChI is InChI=1S/C14H15FN2O/c15-13-4-1-3-11(9-13)12-5-6-14(18)17(10-12)8-2-7-16/h1,3-6,9-10H,2,7-8,16H2. The second-order valence-corrected chi connectivity index (χ2v) is 4.10. The lowest BCUT2D eigenvalue weighted by Gasteiger charge is -2.07. The number of benzene rings is 1. The molecule has 18 heavy (non-hydrogen) atoms. The molecule has 1 aromatic carbocycles. The Balaban J connectivity index is 2.37. The van der Waals surface area contributed by atoms with Gasteiger partial charge in [0.2, 0.25) is 0 Å². The molecule has 4 heteroatoms. The third-order valence-corrected chi connectivity index (χ3v) is 2.74. The first kappa shape index (κ1) is 12.5. The molecule has 2 aromatic rings. The molecule has 0 amide bonds. The van der Waals surface area contributed by atoms with Crippen molar-refractivity contribution in [1.29, 1.82) is 0 Å². The Morgan fingerprint density at radius 3 is 2.72 bits per heavy atom. The number of hydrogen-bond acceptors (Lipinski definition) is 2. The van der Waals surface area contributed by atoms with Crippen LogP contribution in [0.2, 0.25) is 0 Å². The SMILES string of the molecule is NCCCn1cc(-c2cccc(F)c2)ccc1=O. The molecule has 0 aliphatic heterocycles. The van der Waals surface area contributed by atoms with Crippen LogP contribution in [0.4, 0.5) is 4.39 Å². The predicted molar refractivity (Wildman–Crippen MR) is 69.8 cm³/mol. The lowest BCUT2D eigenvalue weighted by molar-refractivity contribution is 0.626. The summed E-state index contributed by atoms with van der Waals surface area (Å²) in [6.07, 6.45) is 2.49. The minimum absolute atomic E-state index is 0.0661. The van der Waals surface area contributed by atoms with E-state index in [4.69, 9.17) is 5.73 Å². The van der Waals surface area contributed by atoms with Crippen LogP contribution < -0.4 is 11.3 Å². The van der Waals surface area contributed by atoms with Crippen LogP contribution in [0.25, 0.3) is 11.1 Å². The zero-order valence-corrected chi connectivity index (χ0v) is 9.97. The fraction of sp³-hybridized carbons (Fsp3) is 0.214. The molecule has 1 heterocycles. The maximum atomic E-state index is 13.2. The minimum Gasteiger partial charge on any atom is -0.330 e. The van der Waals surface area contributed by atoms with Crippen molar-refractivity contribution < 1.29 is 4.39 Å². The van der Waals surface area contributed by atoms with E-state index >= 15 is 0 Å². The van der Waals surface area contributed by atoms with Gasteiger partial charge in [-0.25, -0.2) is 4.39 Å². The summed E-state index contributed by atoms with van der Waals surface area (Å²) >= 11 is 0. The molecular formula is C14H15FN2O. The molecule has 0 saturated heterocycles. The quantitative estimate of drug-likeness (QED) is 0.897. The first-order valence-corrected chi connectivity index (χ1v) is 5.87. The van der Waals surface area contributed by atoms with Crippen LogP contribution >= 0.6 is 0 Å². The summed E-state index contributed by atoms with van der Waals surface area (Å²) in [6.45, 7) is 1.12. The predicted octanol–water partition coefficient (Wildman–Crippen LogP) is 2.00. The third kappa shape index (κ3) is 2.84. The first-order valence-electron chi connectivity index (χ1n) is 5.87. The molecule has 94 valence electrons. The van der Waals surface area contributed by atoms with Gasteiger partial charge in [-0.05, 0) is 42.3 Å². The zero-order chi connectivity index (χ0) is 13.0. The molecule has 0 atom stereocenters. The summed E-state index contributed by atoms with van der Waals surface area (Å²) in [5.74, 6) is -0.285. The van der Waals surface area contributed by atoms with Crippen molar-refractivity contribution in [2.75, 3.05) is 6.54 Å². The van der Waals surface area contributed by atoms with Crippen LogP contribution in [0.5, 0.6) is 0 Å². The Morgan fingerprint density at radius 1 is 1.17 bits per heavy atom. The van der Waals surface area contributed by atoms with Gasteiger partial charge in [-0.15, -0.1) is 0 Å². The highest BCUT2D eigenvalue weighted by Gasteiger charge is 2.02. The lowest BCUT2D eigenvalue weighted by atomic mass is 10.1. The van der Waals surface area contributed by atoms with Crippen LogP contribution in [0.3, 0.4) is 0 Å². The largest absolute Gasteiger partial charge is 0.330 e. The molecule has 0 bridgehead atoms. The van der Waals surface area contributed by atoms with E-state index in [9.17, 15) is 9.18 Å².